The highest BCUT2D eigenvalue weighted by atomic mass is 16.1. The lowest BCUT2D eigenvalue weighted by molar-refractivity contribution is -0.129. The van der Waals surface area contributed by atoms with Gasteiger partial charge in [0.25, 0.3) is 0 Å². The van der Waals surface area contributed by atoms with E-state index < -0.39 is 0 Å². The van der Waals surface area contributed by atoms with Crippen LogP contribution in [0.15, 0.2) is 6.07 Å². The van der Waals surface area contributed by atoms with Crippen LogP contribution < -0.4 is 0 Å². The van der Waals surface area contributed by atoms with E-state index in [2.05, 4.69) is 54.5 Å². The molecule has 0 aliphatic heterocycles. The molecule has 0 fully saturated rings. The predicted octanol–water partition coefficient (Wildman–Crippen LogP) is 9.78. The van der Waals surface area contributed by atoms with E-state index in [1.165, 1.54) is 67.7 Å². The average molecular weight is 539 g/mol. The number of carbonyl (C=O) groups is 3. The highest BCUT2D eigenvalue weighted by Gasteiger charge is 2.34. The van der Waals surface area contributed by atoms with Gasteiger partial charge in [-0.3, -0.25) is 14.4 Å². The van der Waals surface area contributed by atoms with Gasteiger partial charge in [0.05, 0.1) is 6.42 Å². The second-order valence-electron chi connectivity index (χ2n) is 13.0. The zero-order valence-corrected chi connectivity index (χ0v) is 26.6. The van der Waals surface area contributed by atoms with E-state index >= 15 is 0 Å². The number of fused-ring (bicyclic) bond motifs is 1. The van der Waals surface area contributed by atoms with Crippen molar-refractivity contribution in [1.29, 1.82) is 0 Å². The molecule has 0 heterocycles. The van der Waals surface area contributed by atoms with Crippen LogP contribution in [-0.2, 0) is 22.4 Å². The molecule has 1 aromatic rings. The van der Waals surface area contributed by atoms with Gasteiger partial charge in [-0.25, -0.2) is 0 Å². The van der Waals surface area contributed by atoms with Gasteiger partial charge in [0.2, 0.25) is 0 Å². The molecular formula is C36H58O3. The van der Waals surface area contributed by atoms with E-state index in [0.29, 0.717) is 24.0 Å². The third-order valence-corrected chi connectivity index (χ3v) is 9.29. The maximum Gasteiger partial charge on any atom is 0.163 e. The lowest BCUT2D eigenvalue weighted by atomic mass is 9.70. The van der Waals surface area contributed by atoms with Gasteiger partial charge in [-0.05, 0) is 85.5 Å². The van der Waals surface area contributed by atoms with E-state index in [9.17, 15) is 14.4 Å². The van der Waals surface area contributed by atoms with E-state index in [1.807, 2.05) is 0 Å². The van der Waals surface area contributed by atoms with E-state index in [-0.39, 0.29) is 35.7 Å². The Hall–Kier alpha value is -1.77. The van der Waals surface area contributed by atoms with Crippen LogP contribution in [0, 0.1) is 30.6 Å². The Labute approximate surface area is 240 Å². The first-order valence-corrected chi connectivity index (χ1v) is 16.3. The van der Waals surface area contributed by atoms with E-state index in [4.69, 9.17) is 0 Å². The molecule has 0 aromatic heterocycles. The number of Topliss-reactive ketones (excluding diaryl/α,β-unsaturated/α-hetero) is 3. The molecule has 1 aliphatic rings. The summed E-state index contributed by atoms with van der Waals surface area (Å²) in [6.07, 6.45) is 13.9. The van der Waals surface area contributed by atoms with Gasteiger partial charge in [-0.1, -0.05) is 99.0 Å². The summed E-state index contributed by atoms with van der Waals surface area (Å²) in [4.78, 5) is 38.5. The first kappa shape index (κ1) is 33.4. The Balaban J connectivity index is 2.38. The summed E-state index contributed by atoms with van der Waals surface area (Å²) < 4.78 is 0. The van der Waals surface area contributed by atoms with Gasteiger partial charge < -0.3 is 0 Å². The molecule has 0 amide bonds. The van der Waals surface area contributed by atoms with Crippen molar-refractivity contribution < 1.29 is 14.4 Å². The van der Waals surface area contributed by atoms with Crippen molar-refractivity contribution in [2.45, 2.75) is 151 Å². The molecule has 39 heavy (non-hydrogen) atoms. The highest BCUT2D eigenvalue weighted by Crippen LogP contribution is 2.40. The Morgan fingerprint density at radius 2 is 1.59 bits per heavy atom. The molecule has 220 valence electrons. The molecule has 0 spiro atoms. The molecule has 1 aliphatic carbocycles. The molecule has 2 rings (SSSR count). The summed E-state index contributed by atoms with van der Waals surface area (Å²) in [7, 11) is 0. The predicted molar refractivity (Wildman–Crippen MR) is 165 cm³/mol. The maximum atomic E-state index is 13.8. The minimum Gasteiger partial charge on any atom is -0.300 e. The maximum absolute atomic E-state index is 13.8. The average Bonchev–Trinajstić information content (AvgIpc) is 2.86. The quantitative estimate of drug-likeness (QED) is 0.175. The minimum atomic E-state index is -0.0813. The molecule has 0 bridgehead atoms. The van der Waals surface area contributed by atoms with Gasteiger partial charge >= 0.3 is 0 Å². The number of carbonyl (C=O) groups excluding carboxylic acids is 3. The minimum absolute atomic E-state index is 0.0438. The van der Waals surface area contributed by atoms with E-state index in [0.717, 1.165) is 44.1 Å². The molecule has 3 unspecified atom stereocenters. The fraction of sp³-hybridized carbons (Fsp3) is 0.750. The van der Waals surface area contributed by atoms with Crippen LogP contribution >= 0.6 is 0 Å². The number of hydrogen-bond donors (Lipinski definition) is 0. The Kier molecular flexibility index (Phi) is 14.1. The van der Waals surface area contributed by atoms with Crippen molar-refractivity contribution in [2.75, 3.05) is 0 Å². The van der Waals surface area contributed by atoms with E-state index in [1.54, 1.807) is 0 Å². The van der Waals surface area contributed by atoms with Gasteiger partial charge in [0, 0.05) is 17.9 Å². The summed E-state index contributed by atoms with van der Waals surface area (Å²) in [5.41, 5.74) is 6.28. The normalized spacial score (nSPS) is 17.0. The molecule has 1 aromatic carbocycles. The summed E-state index contributed by atoms with van der Waals surface area (Å²) in [6, 6.07) is 2.45. The third kappa shape index (κ3) is 9.39. The van der Waals surface area contributed by atoms with Crippen molar-refractivity contribution in [3.63, 3.8) is 0 Å². The first-order valence-electron chi connectivity index (χ1n) is 16.3. The number of unbranched alkanes of at least 4 members (excludes halogenated alkanes) is 2. The lowest BCUT2D eigenvalue weighted by Gasteiger charge is -2.34. The number of rotatable bonds is 18. The number of hydrogen-bond acceptors (Lipinski definition) is 3. The largest absolute Gasteiger partial charge is 0.300 e. The van der Waals surface area contributed by atoms with Crippen molar-refractivity contribution in [3.05, 3.63) is 33.9 Å². The highest BCUT2D eigenvalue weighted by molar-refractivity contribution is 6.01. The molecule has 0 saturated carbocycles. The second kappa shape index (κ2) is 16.5. The molecule has 0 radical (unpaired) electrons. The number of ketones is 3. The molecule has 3 atom stereocenters. The Morgan fingerprint density at radius 1 is 0.949 bits per heavy atom. The van der Waals surface area contributed by atoms with Gasteiger partial charge in [-0.15, -0.1) is 0 Å². The zero-order valence-electron chi connectivity index (χ0n) is 26.6. The smallest absolute Gasteiger partial charge is 0.163 e. The third-order valence-electron chi connectivity index (χ3n) is 9.29. The standard InChI is InChI=1S/C36H58O3/c1-9-13-16-27(17-14-10-2)19-30-23-32(24(5)6)33-21-28(22-35(39)36(33)26(30)8)20-29(15-11-3)31(12-4)34(38)18-25(7)37/h23-24,27-29,31H,9-22H2,1-8H3. The zero-order chi connectivity index (χ0) is 29.1. The molecule has 3 heteroatoms. The Morgan fingerprint density at radius 3 is 2.10 bits per heavy atom. The summed E-state index contributed by atoms with van der Waals surface area (Å²) in [6.45, 7) is 17.0. The SMILES string of the molecule is CCCCC(CCCC)Cc1cc(C(C)C)c2c(c1C)C(=O)CC(CC(CCC)C(CC)C(=O)CC(C)=O)C2. The molecule has 3 nitrogen and oxygen atoms in total. The molecule has 0 N–H and O–H groups in total. The molecular weight excluding hydrogens is 480 g/mol. The fourth-order valence-electron chi connectivity index (χ4n) is 7.26. The van der Waals surface area contributed by atoms with Crippen LogP contribution in [0.1, 0.15) is 164 Å². The lowest BCUT2D eigenvalue weighted by Crippen LogP contribution is -2.30. The van der Waals surface area contributed by atoms with Gasteiger partial charge in [0.1, 0.15) is 11.6 Å². The summed E-state index contributed by atoms with van der Waals surface area (Å²) in [5, 5.41) is 0. The van der Waals surface area contributed by atoms with Crippen molar-refractivity contribution >= 4 is 17.3 Å². The molecule has 0 saturated heterocycles. The topological polar surface area (TPSA) is 51.2 Å². The van der Waals surface area contributed by atoms with Crippen LogP contribution in [0.3, 0.4) is 0 Å². The van der Waals surface area contributed by atoms with Crippen molar-refractivity contribution in [2.24, 2.45) is 23.7 Å². The van der Waals surface area contributed by atoms with Crippen LogP contribution in [0.5, 0.6) is 0 Å². The Bertz CT molecular complexity index is 949. The monoisotopic (exact) mass is 538 g/mol. The van der Waals surface area contributed by atoms with Crippen LogP contribution in [0.25, 0.3) is 0 Å². The van der Waals surface area contributed by atoms with Crippen molar-refractivity contribution in [1.82, 2.24) is 0 Å². The fourth-order valence-corrected chi connectivity index (χ4v) is 7.26. The van der Waals surface area contributed by atoms with Gasteiger partial charge in [-0.2, -0.15) is 0 Å². The van der Waals surface area contributed by atoms with Crippen molar-refractivity contribution in [3.8, 4) is 0 Å². The first-order chi connectivity index (χ1) is 18.6. The van der Waals surface area contributed by atoms with Crippen LogP contribution in [0.4, 0.5) is 0 Å². The summed E-state index contributed by atoms with van der Waals surface area (Å²) in [5.74, 6) is 1.85. The van der Waals surface area contributed by atoms with Crippen LogP contribution in [-0.4, -0.2) is 17.3 Å². The summed E-state index contributed by atoms with van der Waals surface area (Å²) >= 11 is 0. The van der Waals surface area contributed by atoms with Crippen LogP contribution in [0.2, 0.25) is 0 Å². The second-order valence-corrected chi connectivity index (χ2v) is 13.0. The number of benzene rings is 1. The van der Waals surface area contributed by atoms with Gasteiger partial charge in [0.15, 0.2) is 5.78 Å².